The molecule has 0 radical (unpaired) electrons. The van der Waals surface area contributed by atoms with E-state index in [1.165, 1.54) is 0 Å². The maximum absolute atomic E-state index is 5.76. The van der Waals surface area contributed by atoms with Crippen LogP contribution in [0.1, 0.15) is 50.1 Å². The Kier molecular flexibility index (Phi) is 5.12. The summed E-state index contributed by atoms with van der Waals surface area (Å²) in [6.07, 6.45) is 2.42. The number of rotatable bonds is 7. The Balaban J connectivity index is 2.07. The highest BCUT2D eigenvalue weighted by Gasteiger charge is 2.17. The third kappa shape index (κ3) is 3.81. The summed E-state index contributed by atoms with van der Waals surface area (Å²) in [4.78, 5) is 4.43. The zero-order chi connectivity index (χ0) is 14.4. The van der Waals surface area contributed by atoms with Crippen molar-refractivity contribution in [2.75, 3.05) is 12.3 Å². The maximum atomic E-state index is 5.76. The fourth-order valence-electron chi connectivity index (χ4n) is 2.10. The van der Waals surface area contributed by atoms with E-state index in [1.807, 2.05) is 31.2 Å². The van der Waals surface area contributed by atoms with Crippen LogP contribution in [0.2, 0.25) is 0 Å². The molecule has 2 N–H and O–H groups in total. The highest BCUT2D eigenvalue weighted by atomic mass is 16.5. The van der Waals surface area contributed by atoms with E-state index < -0.39 is 0 Å². The summed E-state index contributed by atoms with van der Waals surface area (Å²) in [5.41, 5.74) is 7.55. The zero-order valence-electron chi connectivity index (χ0n) is 12.0. The molecule has 0 bridgehead atoms. The van der Waals surface area contributed by atoms with Crippen LogP contribution in [0.4, 0.5) is 5.69 Å². The van der Waals surface area contributed by atoms with Crippen LogP contribution in [0.25, 0.3) is 0 Å². The molecule has 2 rings (SSSR count). The first-order chi connectivity index (χ1) is 9.72. The fraction of sp³-hybridized carbons (Fsp3) is 0.467. The van der Waals surface area contributed by atoms with Crippen molar-refractivity contribution in [3.63, 3.8) is 0 Å². The Bertz CT molecular complexity index is 533. The number of ether oxygens (including phenoxy) is 1. The molecule has 1 aromatic carbocycles. The van der Waals surface area contributed by atoms with E-state index in [4.69, 9.17) is 15.0 Å². The number of aromatic nitrogens is 2. The maximum Gasteiger partial charge on any atom is 0.231 e. The summed E-state index contributed by atoms with van der Waals surface area (Å²) in [7, 11) is 0. The molecular weight excluding hydrogens is 254 g/mol. The average Bonchev–Trinajstić information content (AvgIpc) is 2.87. The molecule has 0 saturated heterocycles. The number of nitrogens with zero attached hydrogens (tertiary/aromatic N) is 2. The fourth-order valence-corrected chi connectivity index (χ4v) is 2.10. The number of hydrogen-bond acceptors (Lipinski definition) is 5. The normalized spacial score (nSPS) is 12.5. The van der Waals surface area contributed by atoms with Gasteiger partial charge in [-0.1, -0.05) is 30.6 Å². The molecule has 0 aliphatic carbocycles. The number of benzene rings is 1. The van der Waals surface area contributed by atoms with Crippen LogP contribution in [-0.4, -0.2) is 16.7 Å². The van der Waals surface area contributed by atoms with Crippen LogP contribution >= 0.6 is 0 Å². The van der Waals surface area contributed by atoms with E-state index in [0.29, 0.717) is 24.7 Å². The Morgan fingerprint density at radius 3 is 2.90 bits per heavy atom. The van der Waals surface area contributed by atoms with Crippen molar-refractivity contribution in [1.82, 2.24) is 10.1 Å². The van der Waals surface area contributed by atoms with Gasteiger partial charge in [-0.2, -0.15) is 4.98 Å². The van der Waals surface area contributed by atoms with Gasteiger partial charge in [0.2, 0.25) is 11.7 Å². The lowest BCUT2D eigenvalue weighted by Crippen LogP contribution is -2.06. The molecule has 5 heteroatoms. The Morgan fingerprint density at radius 2 is 2.20 bits per heavy atom. The molecule has 0 saturated carbocycles. The molecule has 0 aliphatic heterocycles. The molecule has 0 amide bonds. The molecule has 20 heavy (non-hydrogen) atoms. The van der Waals surface area contributed by atoms with Gasteiger partial charge in [0.15, 0.2) is 0 Å². The minimum absolute atomic E-state index is 0.0802. The minimum Gasteiger partial charge on any atom is -0.399 e. The Hall–Kier alpha value is -1.88. The van der Waals surface area contributed by atoms with Gasteiger partial charge in [-0.3, -0.25) is 0 Å². The van der Waals surface area contributed by atoms with Gasteiger partial charge >= 0.3 is 0 Å². The van der Waals surface area contributed by atoms with E-state index >= 15 is 0 Å². The highest BCUT2D eigenvalue weighted by Crippen LogP contribution is 2.21. The second-order valence-corrected chi connectivity index (χ2v) is 4.70. The number of nitrogens with two attached hydrogens (primary N) is 1. The van der Waals surface area contributed by atoms with Gasteiger partial charge in [0, 0.05) is 12.3 Å². The van der Waals surface area contributed by atoms with Crippen LogP contribution in [-0.2, 0) is 11.2 Å². The summed E-state index contributed by atoms with van der Waals surface area (Å²) in [6.45, 7) is 4.72. The number of hydrogen-bond donors (Lipinski definition) is 1. The molecule has 0 fully saturated rings. The predicted molar refractivity (Wildman–Crippen MR) is 77.2 cm³/mol. The molecule has 0 aliphatic rings. The monoisotopic (exact) mass is 275 g/mol. The SMILES string of the molecule is CCCC(OCC)c1noc(Cc2cccc(N)c2)n1. The van der Waals surface area contributed by atoms with Crippen molar-refractivity contribution in [3.8, 4) is 0 Å². The van der Waals surface area contributed by atoms with E-state index in [-0.39, 0.29) is 6.10 Å². The standard InChI is InChI=1S/C15H21N3O2/c1-3-6-13(19-4-2)15-17-14(20-18-15)10-11-7-5-8-12(16)9-11/h5,7-9,13H,3-4,6,10,16H2,1-2H3. The Labute approximate surface area is 119 Å². The van der Waals surface area contributed by atoms with Crippen molar-refractivity contribution in [1.29, 1.82) is 0 Å². The van der Waals surface area contributed by atoms with Gasteiger partial charge < -0.3 is 15.0 Å². The summed E-state index contributed by atoms with van der Waals surface area (Å²) >= 11 is 0. The van der Waals surface area contributed by atoms with Crippen molar-refractivity contribution >= 4 is 5.69 Å². The first kappa shape index (κ1) is 14.5. The highest BCUT2D eigenvalue weighted by molar-refractivity contribution is 5.41. The van der Waals surface area contributed by atoms with Gasteiger partial charge in [-0.25, -0.2) is 0 Å². The molecule has 2 aromatic rings. The third-order valence-corrected chi connectivity index (χ3v) is 3.00. The lowest BCUT2D eigenvalue weighted by atomic mass is 10.1. The smallest absolute Gasteiger partial charge is 0.231 e. The van der Waals surface area contributed by atoms with Crippen molar-refractivity contribution in [3.05, 3.63) is 41.5 Å². The van der Waals surface area contributed by atoms with Crippen molar-refractivity contribution in [2.24, 2.45) is 0 Å². The van der Waals surface area contributed by atoms with Gasteiger partial charge in [-0.05, 0) is 31.0 Å². The average molecular weight is 275 g/mol. The summed E-state index contributed by atoms with van der Waals surface area (Å²) < 4.78 is 10.9. The molecule has 0 spiro atoms. The summed E-state index contributed by atoms with van der Waals surface area (Å²) in [6, 6.07) is 7.68. The third-order valence-electron chi connectivity index (χ3n) is 3.00. The van der Waals surface area contributed by atoms with Crippen LogP contribution in [0.3, 0.4) is 0 Å². The minimum atomic E-state index is -0.0802. The predicted octanol–water partition coefficient (Wildman–Crippen LogP) is 3.12. The quantitative estimate of drug-likeness (QED) is 0.786. The second kappa shape index (κ2) is 7.05. The molecule has 5 nitrogen and oxygen atoms in total. The van der Waals surface area contributed by atoms with Crippen molar-refractivity contribution < 1.29 is 9.26 Å². The molecule has 1 atom stereocenters. The van der Waals surface area contributed by atoms with Crippen LogP contribution < -0.4 is 5.73 Å². The molecular formula is C15H21N3O2. The first-order valence-corrected chi connectivity index (χ1v) is 7.01. The Morgan fingerprint density at radius 1 is 1.35 bits per heavy atom. The lowest BCUT2D eigenvalue weighted by Gasteiger charge is -2.11. The number of nitrogen functional groups attached to an aromatic ring is 1. The topological polar surface area (TPSA) is 74.2 Å². The van der Waals surface area contributed by atoms with E-state index in [0.717, 1.165) is 24.1 Å². The second-order valence-electron chi connectivity index (χ2n) is 4.70. The molecule has 1 aromatic heterocycles. The largest absolute Gasteiger partial charge is 0.399 e. The van der Waals surface area contributed by atoms with Gasteiger partial charge in [0.1, 0.15) is 6.10 Å². The molecule has 1 heterocycles. The van der Waals surface area contributed by atoms with Crippen molar-refractivity contribution in [2.45, 2.75) is 39.2 Å². The van der Waals surface area contributed by atoms with E-state index in [9.17, 15) is 0 Å². The first-order valence-electron chi connectivity index (χ1n) is 7.01. The summed E-state index contributed by atoms with van der Waals surface area (Å²) in [5, 5.41) is 4.03. The van der Waals surface area contributed by atoms with Gasteiger partial charge in [-0.15, -0.1) is 0 Å². The molecule has 1 unspecified atom stereocenters. The zero-order valence-corrected chi connectivity index (χ0v) is 12.0. The van der Waals surface area contributed by atoms with Gasteiger partial charge in [0.25, 0.3) is 0 Å². The number of anilines is 1. The lowest BCUT2D eigenvalue weighted by molar-refractivity contribution is 0.0478. The van der Waals surface area contributed by atoms with Crippen LogP contribution in [0.5, 0.6) is 0 Å². The van der Waals surface area contributed by atoms with E-state index in [1.54, 1.807) is 0 Å². The summed E-state index contributed by atoms with van der Waals surface area (Å²) in [5.74, 6) is 1.22. The van der Waals surface area contributed by atoms with E-state index in [2.05, 4.69) is 17.1 Å². The van der Waals surface area contributed by atoms with Crippen LogP contribution in [0, 0.1) is 0 Å². The molecule has 108 valence electrons. The van der Waals surface area contributed by atoms with Gasteiger partial charge in [0.05, 0.1) is 6.42 Å². The van der Waals surface area contributed by atoms with Crippen LogP contribution in [0.15, 0.2) is 28.8 Å².